The van der Waals surface area contributed by atoms with Gasteiger partial charge in [-0.1, -0.05) is 85.0 Å². The fraction of sp³-hybridized carbons (Fsp3) is 0.0588. The van der Waals surface area contributed by atoms with E-state index in [1.807, 2.05) is 42.6 Å². The topological polar surface area (TPSA) is 77.8 Å². The van der Waals surface area contributed by atoms with E-state index >= 15 is 0 Å². The van der Waals surface area contributed by atoms with Crippen molar-refractivity contribution in [2.75, 3.05) is 0 Å². The number of nitrogens with two attached hydrogens (primary N) is 2. The fourth-order valence-corrected chi connectivity index (χ4v) is 4.82. The minimum absolute atomic E-state index is 0.854. The minimum Gasteiger partial charge on any atom is -0.405 e. The highest BCUT2D eigenvalue weighted by Gasteiger charge is 2.17. The van der Waals surface area contributed by atoms with E-state index in [1.165, 1.54) is 11.8 Å². The number of nitrogens with zero attached hydrogens (tertiary/aromatic N) is 2. The van der Waals surface area contributed by atoms with Crippen LogP contribution in [0.2, 0.25) is 0 Å². The molecule has 5 aromatic rings. The number of fused-ring (bicyclic) bond motifs is 2. The van der Waals surface area contributed by atoms with Gasteiger partial charge in [-0.2, -0.15) is 0 Å². The molecule has 38 heavy (non-hydrogen) atoms. The van der Waals surface area contributed by atoms with Crippen molar-refractivity contribution in [3.63, 3.8) is 0 Å². The number of allylic oxidation sites excluding steroid dienone is 6. The summed E-state index contributed by atoms with van der Waals surface area (Å²) in [6, 6.07) is 27.1. The molecule has 0 radical (unpaired) electrons. The molecule has 0 aliphatic carbocycles. The Labute approximate surface area is 223 Å². The summed E-state index contributed by atoms with van der Waals surface area (Å²) in [7, 11) is 0. The lowest BCUT2D eigenvalue weighted by Gasteiger charge is -2.18. The normalized spacial score (nSPS) is 12.5. The molecule has 2 aromatic heterocycles. The maximum absolute atomic E-state index is 6.22. The number of aromatic nitrogens is 2. The second-order valence-electron chi connectivity index (χ2n) is 8.90. The SMILES string of the molecule is N/C=C\C=C/CC/C=C\C(=C/N)c1c2ccccc2c(-c2ccc(-c3ccccn3)nc2)c2ccccc12. The first-order valence-corrected chi connectivity index (χ1v) is 12.8. The highest BCUT2D eigenvalue weighted by atomic mass is 14.8. The molecule has 5 rings (SSSR count). The molecule has 0 spiro atoms. The predicted octanol–water partition coefficient (Wildman–Crippen LogP) is 7.78. The van der Waals surface area contributed by atoms with Gasteiger partial charge in [0, 0.05) is 24.2 Å². The van der Waals surface area contributed by atoms with Crippen molar-refractivity contribution in [1.82, 2.24) is 9.97 Å². The number of rotatable bonds is 8. The summed E-state index contributed by atoms with van der Waals surface area (Å²) in [5.41, 5.74) is 17.7. The van der Waals surface area contributed by atoms with E-state index in [0.29, 0.717) is 0 Å². The summed E-state index contributed by atoms with van der Waals surface area (Å²) >= 11 is 0. The molecule has 0 bridgehead atoms. The van der Waals surface area contributed by atoms with Crippen LogP contribution >= 0.6 is 0 Å². The zero-order valence-corrected chi connectivity index (χ0v) is 21.2. The molecule has 4 N–H and O–H groups in total. The fourth-order valence-electron chi connectivity index (χ4n) is 4.82. The molecular formula is C34H30N4. The first kappa shape index (κ1) is 24.7. The Hall–Kier alpha value is -4.96. The van der Waals surface area contributed by atoms with Crippen LogP contribution in [0.5, 0.6) is 0 Å². The summed E-state index contributed by atoms with van der Waals surface area (Å²) in [5, 5.41) is 4.64. The molecular weight excluding hydrogens is 464 g/mol. The van der Waals surface area contributed by atoms with Gasteiger partial charge in [0.2, 0.25) is 0 Å². The quantitative estimate of drug-likeness (QED) is 0.131. The van der Waals surface area contributed by atoms with Crippen LogP contribution in [0.15, 0.2) is 134 Å². The Morgan fingerprint density at radius 2 is 1.32 bits per heavy atom. The van der Waals surface area contributed by atoms with Crippen molar-refractivity contribution < 1.29 is 0 Å². The Morgan fingerprint density at radius 1 is 0.658 bits per heavy atom. The molecule has 0 aliphatic heterocycles. The monoisotopic (exact) mass is 494 g/mol. The molecule has 0 saturated heterocycles. The van der Waals surface area contributed by atoms with E-state index in [4.69, 9.17) is 16.5 Å². The summed E-state index contributed by atoms with van der Waals surface area (Å²) in [6.45, 7) is 0. The highest BCUT2D eigenvalue weighted by molar-refractivity contribution is 6.19. The summed E-state index contributed by atoms with van der Waals surface area (Å²) in [5.74, 6) is 0. The third-order valence-electron chi connectivity index (χ3n) is 6.53. The zero-order valence-electron chi connectivity index (χ0n) is 21.2. The standard InChI is InChI=1S/C34H30N4/c35-21-11-4-2-1-3-5-13-25(23-36)33-27-14-6-8-16-29(27)34(30-17-9-7-15-28(30)33)26-19-20-32(38-24-26)31-18-10-12-22-37-31/h2,4-24H,1,3,35-36H2/b4-2-,13-5-,21-11-,25-23+. The third kappa shape index (κ3) is 5.11. The van der Waals surface area contributed by atoms with E-state index in [1.54, 1.807) is 12.4 Å². The minimum atomic E-state index is 0.854. The molecule has 0 aliphatic rings. The van der Waals surface area contributed by atoms with Crippen LogP contribution in [-0.4, -0.2) is 9.97 Å². The van der Waals surface area contributed by atoms with Crippen LogP contribution in [-0.2, 0) is 0 Å². The highest BCUT2D eigenvalue weighted by Crippen LogP contribution is 2.41. The average molecular weight is 495 g/mol. The van der Waals surface area contributed by atoms with Crippen LogP contribution in [0.25, 0.3) is 49.6 Å². The van der Waals surface area contributed by atoms with Crippen molar-refractivity contribution in [1.29, 1.82) is 0 Å². The van der Waals surface area contributed by atoms with E-state index in [9.17, 15) is 0 Å². The number of pyridine rings is 2. The maximum atomic E-state index is 6.22. The van der Waals surface area contributed by atoms with Crippen molar-refractivity contribution in [3.05, 3.63) is 140 Å². The molecule has 0 amide bonds. The molecule has 4 heteroatoms. The average Bonchev–Trinajstić information content (AvgIpc) is 2.98. The summed E-state index contributed by atoms with van der Waals surface area (Å²) in [6.07, 6.45) is 19.0. The van der Waals surface area contributed by atoms with Crippen LogP contribution in [0, 0.1) is 0 Å². The molecule has 0 fully saturated rings. The van der Waals surface area contributed by atoms with E-state index in [0.717, 1.165) is 62.5 Å². The molecule has 4 nitrogen and oxygen atoms in total. The van der Waals surface area contributed by atoms with Crippen molar-refractivity contribution in [2.24, 2.45) is 11.5 Å². The summed E-state index contributed by atoms with van der Waals surface area (Å²) in [4.78, 5) is 9.21. The van der Waals surface area contributed by atoms with Crippen molar-refractivity contribution >= 4 is 27.1 Å². The maximum Gasteiger partial charge on any atom is 0.0886 e. The molecule has 2 heterocycles. The molecule has 0 unspecified atom stereocenters. The second-order valence-corrected chi connectivity index (χ2v) is 8.90. The van der Waals surface area contributed by atoms with E-state index in [2.05, 4.69) is 77.8 Å². The number of unbranched alkanes of at least 4 members (excludes halogenated alkanes) is 1. The van der Waals surface area contributed by atoms with Gasteiger partial charge in [0.15, 0.2) is 0 Å². The second kappa shape index (κ2) is 11.8. The van der Waals surface area contributed by atoms with Crippen LogP contribution in [0.4, 0.5) is 0 Å². The van der Waals surface area contributed by atoms with Crippen molar-refractivity contribution in [2.45, 2.75) is 12.8 Å². The van der Waals surface area contributed by atoms with Gasteiger partial charge < -0.3 is 11.5 Å². The van der Waals surface area contributed by atoms with Gasteiger partial charge >= 0.3 is 0 Å². The Morgan fingerprint density at radius 3 is 1.92 bits per heavy atom. The molecule has 186 valence electrons. The molecule has 0 saturated carbocycles. The van der Waals surface area contributed by atoms with Gasteiger partial charge in [-0.25, -0.2) is 0 Å². The summed E-state index contributed by atoms with van der Waals surface area (Å²) < 4.78 is 0. The lowest BCUT2D eigenvalue weighted by Crippen LogP contribution is -1.95. The number of benzene rings is 3. The lowest BCUT2D eigenvalue weighted by atomic mass is 9.86. The first-order chi connectivity index (χ1) is 18.8. The number of hydrogen-bond acceptors (Lipinski definition) is 4. The van der Waals surface area contributed by atoms with Crippen LogP contribution in [0.1, 0.15) is 18.4 Å². The van der Waals surface area contributed by atoms with Crippen LogP contribution < -0.4 is 11.5 Å². The Balaban J connectivity index is 1.61. The largest absolute Gasteiger partial charge is 0.405 e. The van der Waals surface area contributed by atoms with Gasteiger partial charge in [-0.15, -0.1) is 0 Å². The van der Waals surface area contributed by atoms with Gasteiger partial charge in [0.1, 0.15) is 0 Å². The predicted molar refractivity (Wildman–Crippen MR) is 161 cm³/mol. The lowest BCUT2D eigenvalue weighted by molar-refractivity contribution is 1.05. The van der Waals surface area contributed by atoms with Gasteiger partial charge in [0.05, 0.1) is 11.4 Å². The van der Waals surface area contributed by atoms with Gasteiger partial charge in [-0.3, -0.25) is 9.97 Å². The van der Waals surface area contributed by atoms with Gasteiger partial charge in [0.25, 0.3) is 0 Å². The smallest absolute Gasteiger partial charge is 0.0886 e. The Kier molecular flexibility index (Phi) is 7.71. The van der Waals surface area contributed by atoms with Gasteiger partial charge in [-0.05, 0) is 81.6 Å². The molecule has 0 atom stereocenters. The Bertz CT molecular complexity index is 1600. The van der Waals surface area contributed by atoms with Crippen LogP contribution in [0.3, 0.4) is 0 Å². The first-order valence-electron chi connectivity index (χ1n) is 12.8. The zero-order chi connectivity index (χ0) is 26.2. The van der Waals surface area contributed by atoms with E-state index < -0.39 is 0 Å². The number of hydrogen-bond donors (Lipinski definition) is 2. The molecule has 3 aromatic carbocycles. The van der Waals surface area contributed by atoms with Crippen molar-refractivity contribution in [3.8, 4) is 22.5 Å². The third-order valence-corrected chi connectivity index (χ3v) is 6.53. The van der Waals surface area contributed by atoms with E-state index in [-0.39, 0.29) is 0 Å².